The van der Waals surface area contributed by atoms with E-state index in [9.17, 15) is 14.0 Å². The number of amides is 1. The molecule has 2 N–H and O–H groups in total. The van der Waals surface area contributed by atoms with Crippen molar-refractivity contribution in [2.24, 2.45) is 0 Å². The van der Waals surface area contributed by atoms with Gasteiger partial charge >= 0.3 is 12.1 Å². The Morgan fingerprint density at radius 3 is 2.61 bits per heavy atom. The molecule has 0 saturated heterocycles. The van der Waals surface area contributed by atoms with Gasteiger partial charge in [-0.1, -0.05) is 18.2 Å². The molecule has 0 atom stereocenters. The molecule has 5 nitrogen and oxygen atoms in total. The topological polar surface area (TPSA) is 75.6 Å². The minimum absolute atomic E-state index is 0.176. The molecule has 1 amide bonds. The summed E-state index contributed by atoms with van der Waals surface area (Å²) in [7, 11) is 0. The molecule has 0 spiro atoms. The van der Waals surface area contributed by atoms with Gasteiger partial charge < -0.3 is 15.2 Å². The largest absolute Gasteiger partial charge is 0.478 e. The highest BCUT2D eigenvalue weighted by Crippen LogP contribution is 2.13. The van der Waals surface area contributed by atoms with Crippen LogP contribution in [0.5, 0.6) is 0 Å². The van der Waals surface area contributed by atoms with E-state index in [2.05, 4.69) is 5.32 Å². The number of carbonyl (C=O) groups excluding carboxylic acids is 1. The number of carbonyl (C=O) groups is 2. The van der Waals surface area contributed by atoms with Gasteiger partial charge in [0.2, 0.25) is 0 Å². The summed E-state index contributed by atoms with van der Waals surface area (Å²) in [5, 5.41) is 11.1. The van der Waals surface area contributed by atoms with Gasteiger partial charge in [0.15, 0.2) is 0 Å². The third-order valence-corrected chi connectivity index (χ3v) is 2.50. The Labute approximate surface area is 134 Å². The molecule has 124 valence electrons. The van der Waals surface area contributed by atoms with Gasteiger partial charge in [-0.2, -0.15) is 0 Å². The van der Waals surface area contributed by atoms with Gasteiger partial charge in [0.05, 0.1) is 0 Å². The number of hydrogen-bond acceptors (Lipinski definition) is 3. The van der Waals surface area contributed by atoms with Crippen LogP contribution in [0.15, 0.2) is 30.4 Å². The van der Waals surface area contributed by atoms with Crippen LogP contribution in [-0.4, -0.2) is 29.3 Å². The van der Waals surface area contributed by atoms with Crippen molar-refractivity contribution < 1.29 is 23.8 Å². The molecular formula is C17H20FNO4. The number of alkyl carbamates (subject to hydrolysis) is 1. The van der Waals surface area contributed by atoms with Crippen LogP contribution in [0.3, 0.4) is 0 Å². The lowest BCUT2D eigenvalue weighted by atomic mass is 10.1. The van der Waals surface area contributed by atoms with Crippen LogP contribution in [0.1, 0.15) is 31.9 Å². The molecule has 0 fully saturated rings. The van der Waals surface area contributed by atoms with Crippen LogP contribution in [-0.2, 0) is 9.53 Å². The molecule has 0 radical (unpaired) electrons. The molecule has 1 aromatic rings. The Kier molecular flexibility index (Phi) is 6.50. The Bertz CT molecular complexity index is 630. The molecule has 23 heavy (non-hydrogen) atoms. The van der Waals surface area contributed by atoms with E-state index in [1.54, 1.807) is 39.0 Å². The van der Waals surface area contributed by atoms with Crippen molar-refractivity contribution in [1.29, 1.82) is 0 Å². The highest BCUT2D eigenvalue weighted by Gasteiger charge is 2.14. The first-order valence-corrected chi connectivity index (χ1v) is 7.01. The molecule has 0 saturated carbocycles. The molecule has 6 heteroatoms. The quantitative estimate of drug-likeness (QED) is 0.814. The monoisotopic (exact) mass is 321 g/mol. The maximum atomic E-state index is 13.5. The van der Waals surface area contributed by atoms with Crippen LogP contribution in [0, 0.1) is 5.82 Å². The standard InChI is InChI=1S/C17H20FNO4/c1-17(2,3)23-16(22)19-10-4-5-12-6-8-14(18)13(11-12)7-9-15(20)21/h4-9,11H,10H2,1-3H3,(H,19,22)(H,20,21)/b5-4?,9-7+. The average molecular weight is 321 g/mol. The second-order valence-electron chi connectivity index (χ2n) is 5.74. The van der Waals surface area contributed by atoms with Crippen LogP contribution in [0.2, 0.25) is 0 Å². The summed E-state index contributed by atoms with van der Waals surface area (Å²) < 4.78 is 18.6. The molecule has 1 rings (SSSR count). The second kappa shape index (κ2) is 8.12. The van der Waals surface area contributed by atoms with Crippen LogP contribution in [0.4, 0.5) is 9.18 Å². The van der Waals surface area contributed by atoms with E-state index in [0.29, 0.717) is 5.56 Å². The summed E-state index contributed by atoms with van der Waals surface area (Å²) in [5.74, 6) is -1.65. The Morgan fingerprint density at radius 2 is 2.00 bits per heavy atom. The molecule has 0 aromatic heterocycles. The Morgan fingerprint density at radius 1 is 1.30 bits per heavy atom. The number of aliphatic carboxylic acids is 1. The van der Waals surface area contributed by atoms with Gasteiger partial charge in [0, 0.05) is 18.2 Å². The van der Waals surface area contributed by atoms with E-state index in [-0.39, 0.29) is 12.1 Å². The van der Waals surface area contributed by atoms with Crippen LogP contribution in [0.25, 0.3) is 12.2 Å². The first kappa shape index (κ1) is 18.4. The third kappa shape index (κ3) is 7.80. The van der Waals surface area contributed by atoms with Gasteiger partial charge in [-0.3, -0.25) is 0 Å². The highest BCUT2D eigenvalue weighted by atomic mass is 19.1. The van der Waals surface area contributed by atoms with Crippen molar-refractivity contribution in [2.45, 2.75) is 26.4 Å². The first-order chi connectivity index (χ1) is 10.7. The predicted molar refractivity (Wildman–Crippen MR) is 86.3 cm³/mol. The number of hydrogen-bond donors (Lipinski definition) is 2. The van der Waals surface area contributed by atoms with E-state index in [1.165, 1.54) is 18.2 Å². The van der Waals surface area contributed by atoms with Gasteiger partial charge in [0.25, 0.3) is 0 Å². The predicted octanol–water partition coefficient (Wildman–Crippen LogP) is 3.46. The lowest BCUT2D eigenvalue weighted by Crippen LogP contribution is -2.32. The molecule has 0 heterocycles. The molecule has 0 bridgehead atoms. The fraction of sp³-hybridized carbons (Fsp3) is 0.294. The summed E-state index contributed by atoms with van der Waals surface area (Å²) in [6.07, 6.45) is 4.91. The van der Waals surface area contributed by atoms with Gasteiger partial charge in [-0.15, -0.1) is 0 Å². The summed E-state index contributed by atoms with van der Waals surface area (Å²) >= 11 is 0. The van der Waals surface area contributed by atoms with Crippen molar-refractivity contribution in [1.82, 2.24) is 5.32 Å². The summed E-state index contributed by atoms with van der Waals surface area (Å²) in [6.45, 7) is 5.57. The van der Waals surface area contributed by atoms with Crippen molar-refractivity contribution >= 4 is 24.2 Å². The average Bonchev–Trinajstić information content (AvgIpc) is 2.41. The first-order valence-electron chi connectivity index (χ1n) is 7.01. The summed E-state index contributed by atoms with van der Waals surface area (Å²) in [6, 6.07) is 4.32. The number of benzene rings is 1. The van der Waals surface area contributed by atoms with E-state index < -0.39 is 23.5 Å². The van der Waals surface area contributed by atoms with Crippen molar-refractivity contribution in [3.63, 3.8) is 0 Å². The minimum Gasteiger partial charge on any atom is -0.478 e. The zero-order valence-corrected chi connectivity index (χ0v) is 13.3. The smallest absolute Gasteiger partial charge is 0.407 e. The number of nitrogens with one attached hydrogen (secondary N) is 1. The number of halogens is 1. The van der Waals surface area contributed by atoms with Crippen molar-refractivity contribution in [3.8, 4) is 0 Å². The zero-order valence-electron chi connectivity index (χ0n) is 13.3. The number of ether oxygens (including phenoxy) is 1. The number of rotatable bonds is 5. The van der Waals surface area contributed by atoms with Gasteiger partial charge in [-0.05, 0) is 44.5 Å². The van der Waals surface area contributed by atoms with E-state index in [0.717, 1.165) is 6.08 Å². The van der Waals surface area contributed by atoms with E-state index >= 15 is 0 Å². The molecule has 1 aromatic carbocycles. The highest BCUT2D eigenvalue weighted by molar-refractivity contribution is 5.85. The fourth-order valence-electron chi connectivity index (χ4n) is 1.61. The molecule has 0 aliphatic heterocycles. The Hall–Kier alpha value is -2.63. The molecular weight excluding hydrogens is 301 g/mol. The van der Waals surface area contributed by atoms with Crippen LogP contribution >= 0.6 is 0 Å². The van der Waals surface area contributed by atoms with Gasteiger partial charge in [0.1, 0.15) is 11.4 Å². The maximum Gasteiger partial charge on any atom is 0.407 e. The van der Waals surface area contributed by atoms with E-state index in [1.807, 2.05) is 0 Å². The third-order valence-electron chi connectivity index (χ3n) is 2.50. The number of carboxylic acids is 1. The molecule has 0 unspecified atom stereocenters. The van der Waals surface area contributed by atoms with Crippen molar-refractivity contribution in [2.75, 3.05) is 6.54 Å². The van der Waals surface area contributed by atoms with Crippen molar-refractivity contribution in [3.05, 3.63) is 47.3 Å². The van der Waals surface area contributed by atoms with E-state index in [4.69, 9.17) is 9.84 Å². The fourth-order valence-corrected chi connectivity index (χ4v) is 1.61. The molecule has 0 aliphatic carbocycles. The lowest BCUT2D eigenvalue weighted by molar-refractivity contribution is -0.131. The zero-order chi connectivity index (χ0) is 17.5. The van der Waals surface area contributed by atoms with Crippen LogP contribution < -0.4 is 5.32 Å². The van der Waals surface area contributed by atoms with Gasteiger partial charge in [-0.25, -0.2) is 14.0 Å². The minimum atomic E-state index is -1.15. The summed E-state index contributed by atoms with van der Waals surface area (Å²) in [5.41, 5.74) is 0.299. The normalized spacial score (nSPS) is 11.8. The molecule has 0 aliphatic rings. The summed E-state index contributed by atoms with van der Waals surface area (Å²) in [4.78, 5) is 21.9. The SMILES string of the molecule is CC(C)(C)OC(=O)NCC=Cc1ccc(F)c(/C=C/C(=O)O)c1. The lowest BCUT2D eigenvalue weighted by Gasteiger charge is -2.19. The second-order valence-corrected chi connectivity index (χ2v) is 5.74. The maximum absolute atomic E-state index is 13.5. The Balaban J connectivity index is 2.62. The number of carboxylic acid groups (broad SMARTS) is 1.